The lowest BCUT2D eigenvalue weighted by Crippen LogP contribution is -2.46. The van der Waals surface area contributed by atoms with Crippen LogP contribution in [0.25, 0.3) is 0 Å². The van der Waals surface area contributed by atoms with Crippen LogP contribution in [-0.4, -0.2) is 49.9 Å². The van der Waals surface area contributed by atoms with Gasteiger partial charge in [0.15, 0.2) is 9.84 Å². The zero-order valence-corrected chi connectivity index (χ0v) is 15.3. The summed E-state index contributed by atoms with van der Waals surface area (Å²) in [5.41, 5.74) is 0.648. The first-order valence-electron chi connectivity index (χ1n) is 7.89. The molecule has 1 fully saturated rings. The number of benzene rings is 2. The van der Waals surface area contributed by atoms with Gasteiger partial charge in [0, 0.05) is 6.54 Å². The van der Waals surface area contributed by atoms with Gasteiger partial charge in [-0.2, -0.15) is 4.31 Å². The second kappa shape index (κ2) is 7.07. The minimum absolute atomic E-state index is 0.0994. The van der Waals surface area contributed by atoms with E-state index in [1.54, 1.807) is 30.3 Å². The number of sulfone groups is 1. The average molecular weight is 399 g/mol. The van der Waals surface area contributed by atoms with Crippen LogP contribution < -0.4 is 0 Å². The van der Waals surface area contributed by atoms with E-state index in [0.29, 0.717) is 5.56 Å². The molecule has 0 spiro atoms. The van der Waals surface area contributed by atoms with E-state index in [1.807, 2.05) is 0 Å². The standard InChI is InChI=1S/C17H18FNO5S2/c18-14-6-8-15(9-7-14)26(23,24)19(10-13-4-2-1-3-5-13)16-11-25(21,22)12-17(16)20/h1-9,16-17,20H,10-12H2/t16-,17+/m0/s1. The minimum Gasteiger partial charge on any atom is -0.390 e. The van der Waals surface area contributed by atoms with Gasteiger partial charge in [0.1, 0.15) is 5.82 Å². The van der Waals surface area contributed by atoms with Crippen molar-refractivity contribution in [1.29, 1.82) is 0 Å². The number of aliphatic hydroxyl groups is 1. The van der Waals surface area contributed by atoms with E-state index in [1.165, 1.54) is 0 Å². The maximum Gasteiger partial charge on any atom is 0.243 e. The first-order chi connectivity index (χ1) is 12.2. The topological polar surface area (TPSA) is 91.8 Å². The lowest BCUT2D eigenvalue weighted by atomic mass is 10.2. The third-order valence-electron chi connectivity index (χ3n) is 4.26. The Labute approximate surface area is 151 Å². The SMILES string of the molecule is O=S1(=O)C[C@@H](O)[C@@H](N(Cc2ccccc2)S(=O)(=O)c2ccc(F)cc2)C1. The molecule has 1 N–H and O–H groups in total. The van der Waals surface area contributed by atoms with E-state index in [0.717, 1.165) is 28.6 Å². The monoisotopic (exact) mass is 399 g/mol. The number of hydrogen-bond acceptors (Lipinski definition) is 5. The Bertz CT molecular complexity index is 976. The van der Waals surface area contributed by atoms with Gasteiger partial charge in [0.05, 0.1) is 28.5 Å². The highest BCUT2D eigenvalue weighted by atomic mass is 32.2. The largest absolute Gasteiger partial charge is 0.390 e. The molecule has 0 bridgehead atoms. The van der Waals surface area contributed by atoms with Crippen LogP contribution >= 0.6 is 0 Å². The zero-order valence-electron chi connectivity index (χ0n) is 13.7. The lowest BCUT2D eigenvalue weighted by Gasteiger charge is -2.29. The van der Waals surface area contributed by atoms with Crippen LogP contribution in [0, 0.1) is 5.82 Å². The lowest BCUT2D eigenvalue weighted by molar-refractivity contribution is 0.125. The van der Waals surface area contributed by atoms with Crippen LogP contribution in [0.3, 0.4) is 0 Å². The van der Waals surface area contributed by atoms with Crippen molar-refractivity contribution in [2.45, 2.75) is 23.6 Å². The number of rotatable bonds is 5. The number of halogens is 1. The van der Waals surface area contributed by atoms with Gasteiger partial charge in [0.2, 0.25) is 10.0 Å². The van der Waals surface area contributed by atoms with E-state index < -0.39 is 49.3 Å². The quantitative estimate of drug-likeness (QED) is 0.815. The highest BCUT2D eigenvalue weighted by Gasteiger charge is 2.44. The molecule has 0 saturated carbocycles. The molecule has 0 unspecified atom stereocenters. The Morgan fingerprint density at radius 1 is 1.04 bits per heavy atom. The van der Waals surface area contributed by atoms with Gasteiger partial charge in [-0.25, -0.2) is 21.2 Å². The van der Waals surface area contributed by atoms with Crippen LogP contribution in [-0.2, 0) is 26.4 Å². The number of sulfonamides is 1. The molecule has 1 heterocycles. The number of hydrogen-bond donors (Lipinski definition) is 1. The Kier molecular flexibility index (Phi) is 5.16. The number of nitrogens with zero attached hydrogens (tertiary/aromatic N) is 1. The van der Waals surface area contributed by atoms with E-state index in [9.17, 15) is 26.3 Å². The molecule has 0 aliphatic carbocycles. The van der Waals surface area contributed by atoms with Gasteiger partial charge in [-0.15, -0.1) is 0 Å². The Balaban J connectivity index is 2.04. The fraction of sp³-hybridized carbons (Fsp3) is 0.294. The average Bonchev–Trinajstić information content (AvgIpc) is 2.86. The summed E-state index contributed by atoms with van der Waals surface area (Å²) in [4.78, 5) is -0.161. The molecule has 140 valence electrons. The third kappa shape index (κ3) is 3.96. The summed E-state index contributed by atoms with van der Waals surface area (Å²) in [5.74, 6) is -1.52. The molecule has 0 radical (unpaired) electrons. The second-order valence-corrected chi connectivity index (χ2v) is 10.2. The highest BCUT2D eigenvalue weighted by Crippen LogP contribution is 2.27. The molecule has 1 aliphatic heterocycles. The molecule has 0 amide bonds. The summed E-state index contributed by atoms with van der Waals surface area (Å²) >= 11 is 0. The zero-order chi connectivity index (χ0) is 18.9. The van der Waals surface area contributed by atoms with Gasteiger partial charge in [-0.3, -0.25) is 0 Å². The van der Waals surface area contributed by atoms with E-state index in [4.69, 9.17) is 0 Å². The van der Waals surface area contributed by atoms with Crippen molar-refractivity contribution in [1.82, 2.24) is 4.31 Å². The maximum atomic E-state index is 13.2. The fourth-order valence-corrected chi connectivity index (χ4v) is 6.51. The molecule has 0 aromatic heterocycles. The summed E-state index contributed by atoms with van der Waals surface area (Å²) in [5, 5.41) is 10.2. The molecule has 26 heavy (non-hydrogen) atoms. The van der Waals surface area contributed by atoms with Gasteiger partial charge in [-0.05, 0) is 29.8 Å². The Hall–Kier alpha value is -1.81. The first kappa shape index (κ1) is 19.0. The maximum absolute atomic E-state index is 13.2. The van der Waals surface area contributed by atoms with E-state index in [2.05, 4.69) is 0 Å². The summed E-state index contributed by atoms with van der Waals surface area (Å²) in [6, 6.07) is 11.9. The minimum atomic E-state index is -4.14. The van der Waals surface area contributed by atoms with Gasteiger partial charge in [0.25, 0.3) is 0 Å². The van der Waals surface area contributed by atoms with Gasteiger partial charge >= 0.3 is 0 Å². The summed E-state index contributed by atoms with van der Waals surface area (Å²) in [7, 11) is -7.69. The Morgan fingerprint density at radius 3 is 2.19 bits per heavy atom. The molecule has 2 aromatic carbocycles. The normalized spacial score (nSPS) is 22.6. The van der Waals surface area contributed by atoms with Crippen molar-refractivity contribution in [3.8, 4) is 0 Å². The molecule has 1 saturated heterocycles. The second-order valence-electron chi connectivity index (χ2n) is 6.20. The van der Waals surface area contributed by atoms with Crippen molar-refractivity contribution in [2.75, 3.05) is 11.5 Å². The van der Waals surface area contributed by atoms with Crippen molar-refractivity contribution >= 4 is 19.9 Å². The van der Waals surface area contributed by atoms with Crippen LogP contribution in [0.2, 0.25) is 0 Å². The van der Waals surface area contributed by atoms with Crippen LogP contribution in [0.4, 0.5) is 4.39 Å². The van der Waals surface area contributed by atoms with Crippen molar-refractivity contribution in [2.24, 2.45) is 0 Å². The molecular formula is C17H18FNO5S2. The molecule has 1 aliphatic rings. The smallest absolute Gasteiger partial charge is 0.243 e. The Morgan fingerprint density at radius 2 is 1.65 bits per heavy atom. The highest BCUT2D eigenvalue weighted by molar-refractivity contribution is 7.92. The summed E-state index contributed by atoms with van der Waals surface area (Å²) in [6.07, 6.45) is -1.32. The first-order valence-corrected chi connectivity index (χ1v) is 11.1. The summed E-state index contributed by atoms with van der Waals surface area (Å²) < 4.78 is 64.1. The van der Waals surface area contributed by atoms with Crippen LogP contribution in [0.5, 0.6) is 0 Å². The molecule has 2 aromatic rings. The predicted molar refractivity (Wildman–Crippen MR) is 94.0 cm³/mol. The van der Waals surface area contributed by atoms with E-state index in [-0.39, 0.29) is 11.4 Å². The van der Waals surface area contributed by atoms with Crippen molar-refractivity contribution < 1.29 is 26.3 Å². The molecule has 2 atom stereocenters. The van der Waals surface area contributed by atoms with Crippen molar-refractivity contribution in [3.63, 3.8) is 0 Å². The van der Waals surface area contributed by atoms with Crippen molar-refractivity contribution in [3.05, 3.63) is 66.0 Å². The van der Waals surface area contributed by atoms with E-state index >= 15 is 0 Å². The molecular weight excluding hydrogens is 381 g/mol. The fourth-order valence-electron chi connectivity index (χ4n) is 2.97. The molecule has 3 rings (SSSR count). The summed E-state index contributed by atoms with van der Waals surface area (Å²) in [6.45, 7) is -0.0994. The number of aliphatic hydroxyl groups excluding tert-OH is 1. The predicted octanol–water partition coefficient (Wildman–Crippen LogP) is 1.17. The van der Waals surface area contributed by atoms with Crippen LogP contribution in [0.1, 0.15) is 5.56 Å². The third-order valence-corrected chi connectivity index (χ3v) is 7.85. The van der Waals surface area contributed by atoms with Gasteiger partial charge in [-0.1, -0.05) is 30.3 Å². The van der Waals surface area contributed by atoms with Crippen LogP contribution in [0.15, 0.2) is 59.5 Å². The molecule has 9 heteroatoms. The molecule has 6 nitrogen and oxygen atoms in total. The van der Waals surface area contributed by atoms with Gasteiger partial charge < -0.3 is 5.11 Å².